The van der Waals surface area contributed by atoms with Gasteiger partial charge in [0.05, 0.1) is 0 Å². The summed E-state index contributed by atoms with van der Waals surface area (Å²) in [5, 5.41) is 10.4. The Hall–Kier alpha value is -1.27. The van der Waals surface area contributed by atoms with E-state index in [2.05, 4.69) is 0 Å². The number of aliphatic carboxylic acids is 1. The summed E-state index contributed by atoms with van der Waals surface area (Å²) in [5.41, 5.74) is -0.628. The lowest BCUT2D eigenvalue weighted by molar-refractivity contribution is -0.188. The first-order valence-corrected chi connectivity index (χ1v) is 4.85. The monoisotopic (exact) mass is 237 g/mol. The van der Waals surface area contributed by atoms with Gasteiger partial charge in [0.2, 0.25) is 0 Å². The lowest BCUT2D eigenvalue weighted by Gasteiger charge is -2.64. The summed E-state index contributed by atoms with van der Waals surface area (Å²) in [7, 11) is 0. The van der Waals surface area contributed by atoms with Gasteiger partial charge >= 0.3 is 18.1 Å². The minimum Gasteiger partial charge on any atom is -0.480 e. The molecule has 0 aromatic rings. The molecule has 0 saturated heterocycles. The van der Waals surface area contributed by atoms with Crippen molar-refractivity contribution in [1.82, 2.24) is 5.32 Å². The molecule has 16 heavy (non-hydrogen) atoms. The van der Waals surface area contributed by atoms with Crippen molar-refractivity contribution in [2.24, 2.45) is 11.3 Å². The number of carboxylic acids is 1. The van der Waals surface area contributed by atoms with Gasteiger partial charge in [-0.25, -0.2) is 4.79 Å². The normalized spacial score (nSPS) is 33.3. The molecular weight excluding hydrogens is 227 g/mol. The third kappa shape index (κ3) is 1.54. The predicted molar refractivity (Wildman–Crippen MR) is 45.4 cm³/mol. The van der Waals surface area contributed by atoms with Gasteiger partial charge in [-0.15, -0.1) is 0 Å². The van der Waals surface area contributed by atoms with Crippen LogP contribution in [-0.2, 0) is 9.59 Å². The molecule has 90 valence electrons. The summed E-state index contributed by atoms with van der Waals surface area (Å²) >= 11 is 0. The maximum Gasteiger partial charge on any atom is 0.471 e. The summed E-state index contributed by atoms with van der Waals surface area (Å²) in [6.45, 7) is 0. The molecule has 3 fully saturated rings. The van der Waals surface area contributed by atoms with E-state index in [-0.39, 0.29) is 0 Å². The molecule has 1 atom stereocenters. The summed E-state index contributed by atoms with van der Waals surface area (Å²) in [6.07, 6.45) is -3.23. The quantitative estimate of drug-likeness (QED) is 0.767. The van der Waals surface area contributed by atoms with Crippen molar-refractivity contribution in [2.75, 3.05) is 0 Å². The van der Waals surface area contributed by atoms with Gasteiger partial charge in [0, 0.05) is 5.41 Å². The van der Waals surface area contributed by atoms with E-state index in [1.165, 1.54) is 0 Å². The Morgan fingerprint density at radius 1 is 1.31 bits per heavy atom. The Kier molecular flexibility index (Phi) is 2.18. The molecule has 2 bridgehead atoms. The van der Waals surface area contributed by atoms with Crippen LogP contribution in [0.25, 0.3) is 0 Å². The van der Waals surface area contributed by atoms with Crippen LogP contribution in [0.5, 0.6) is 0 Å². The van der Waals surface area contributed by atoms with Crippen LogP contribution in [-0.4, -0.2) is 29.2 Å². The highest BCUT2D eigenvalue weighted by molar-refractivity contribution is 5.87. The first-order valence-electron chi connectivity index (χ1n) is 4.85. The van der Waals surface area contributed by atoms with E-state index in [1.54, 1.807) is 5.32 Å². The Labute approximate surface area is 88.8 Å². The van der Waals surface area contributed by atoms with E-state index in [0.717, 1.165) is 0 Å². The first kappa shape index (κ1) is 11.2. The number of carbonyl (C=O) groups excluding carboxylic acids is 1. The molecule has 0 spiro atoms. The number of amides is 1. The molecule has 1 amide bonds. The van der Waals surface area contributed by atoms with E-state index in [4.69, 9.17) is 5.11 Å². The van der Waals surface area contributed by atoms with E-state index >= 15 is 0 Å². The first-order chi connectivity index (χ1) is 7.24. The molecule has 0 aliphatic heterocycles. The Balaban J connectivity index is 2.04. The van der Waals surface area contributed by atoms with Gasteiger partial charge in [-0.2, -0.15) is 13.2 Å². The smallest absolute Gasteiger partial charge is 0.471 e. The number of alkyl halides is 3. The van der Waals surface area contributed by atoms with E-state index in [1.807, 2.05) is 0 Å². The van der Waals surface area contributed by atoms with Gasteiger partial charge in [0.1, 0.15) is 6.04 Å². The molecule has 3 aliphatic carbocycles. The second-order valence-corrected chi connectivity index (χ2v) is 4.58. The standard InChI is InChI=1S/C9H10F3NO3/c10-9(11,12)7(16)13-5(6(14)15)8-1-4(2-8)3-8/h4-5H,1-3H2,(H,13,16)(H,14,15)/t4?,5-,8?/m1/s1. The number of rotatable bonds is 3. The molecule has 7 heteroatoms. The van der Waals surface area contributed by atoms with Gasteiger partial charge < -0.3 is 10.4 Å². The van der Waals surface area contributed by atoms with Gasteiger partial charge in [0.15, 0.2) is 0 Å². The second-order valence-electron chi connectivity index (χ2n) is 4.58. The maximum absolute atomic E-state index is 12.0. The minimum absolute atomic E-state index is 0.435. The summed E-state index contributed by atoms with van der Waals surface area (Å²) in [5.74, 6) is -3.13. The van der Waals surface area contributed by atoms with E-state index in [9.17, 15) is 22.8 Å². The van der Waals surface area contributed by atoms with Crippen LogP contribution >= 0.6 is 0 Å². The zero-order valence-corrected chi connectivity index (χ0v) is 8.17. The number of carbonyl (C=O) groups is 2. The van der Waals surface area contributed by atoms with E-state index < -0.39 is 29.5 Å². The fourth-order valence-electron chi connectivity index (χ4n) is 2.59. The lowest BCUT2D eigenvalue weighted by Crippen LogP contribution is -2.67. The molecule has 0 heterocycles. The molecule has 3 rings (SSSR count). The van der Waals surface area contributed by atoms with Gasteiger partial charge in [-0.3, -0.25) is 4.79 Å². The van der Waals surface area contributed by atoms with E-state index in [0.29, 0.717) is 25.2 Å². The third-order valence-corrected chi connectivity index (χ3v) is 3.48. The van der Waals surface area contributed by atoms with Crippen molar-refractivity contribution in [3.63, 3.8) is 0 Å². The summed E-state index contributed by atoms with van der Waals surface area (Å²) < 4.78 is 36.0. The van der Waals surface area contributed by atoms with Crippen LogP contribution in [0, 0.1) is 11.3 Å². The molecule has 0 aromatic heterocycles. The van der Waals surface area contributed by atoms with Crippen LogP contribution < -0.4 is 5.32 Å². The molecule has 3 aliphatic rings. The average Bonchev–Trinajstić information content (AvgIpc) is 1.94. The highest BCUT2D eigenvalue weighted by Gasteiger charge is 2.63. The third-order valence-electron chi connectivity index (χ3n) is 3.48. The van der Waals surface area contributed by atoms with Crippen molar-refractivity contribution >= 4 is 11.9 Å². The Bertz CT molecular complexity index is 335. The molecule has 0 unspecified atom stereocenters. The van der Waals surface area contributed by atoms with Crippen molar-refractivity contribution in [2.45, 2.75) is 31.5 Å². The fourth-order valence-corrected chi connectivity index (χ4v) is 2.59. The van der Waals surface area contributed by atoms with Crippen molar-refractivity contribution < 1.29 is 27.9 Å². The summed E-state index contributed by atoms with van der Waals surface area (Å²) in [4.78, 5) is 21.5. The fraction of sp³-hybridized carbons (Fsp3) is 0.778. The van der Waals surface area contributed by atoms with Gasteiger partial charge in [-0.05, 0) is 25.2 Å². The zero-order chi connectivity index (χ0) is 12.1. The number of hydrogen-bond acceptors (Lipinski definition) is 2. The molecule has 2 N–H and O–H groups in total. The largest absolute Gasteiger partial charge is 0.480 e. The predicted octanol–water partition coefficient (Wildman–Crippen LogP) is 0.918. The number of carboxylic acid groups (broad SMARTS) is 1. The highest BCUT2D eigenvalue weighted by Crippen LogP contribution is 2.66. The van der Waals surface area contributed by atoms with Gasteiger partial charge in [0.25, 0.3) is 0 Å². The molecular formula is C9H10F3NO3. The zero-order valence-electron chi connectivity index (χ0n) is 8.17. The van der Waals surface area contributed by atoms with Crippen LogP contribution in [0.1, 0.15) is 19.3 Å². The lowest BCUT2D eigenvalue weighted by atomic mass is 9.42. The minimum atomic E-state index is -5.03. The van der Waals surface area contributed by atoms with Crippen LogP contribution in [0.15, 0.2) is 0 Å². The van der Waals surface area contributed by atoms with Crippen LogP contribution in [0.4, 0.5) is 13.2 Å². The molecule has 0 radical (unpaired) electrons. The van der Waals surface area contributed by atoms with Crippen LogP contribution in [0.3, 0.4) is 0 Å². The molecule has 4 nitrogen and oxygen atoms in total. The SMILES string of the molecule is O=C(O)[C@@H](NC(=O)C(F)(F)F)C12CC(C1)C2. The molecule has 3 saturated carbocycles. The Morgan fingerprint density at radius 2 is 1.81 bits per heavy atom. The number of nitrogens with one attached hydrogen (secondary N) is 1. The van der Waals surface area contributed by atoms with Crippen molar-refractivity contribution in [3.05, 3.63) is 0 Å². The maximum atomic E-state index is 12.0. The van der Waals surface area contributed by atoms with Crippen molar-refractivity contribution in [1.29, 1.82) is 0 Å². The van der Waals surface area contributed by atoms with Crippen LogP contribution in [0.2, 0.25) is 0 Å². The highest BCUT2D eigenvalue weighted by atomic mass is 19.4. The van der Waals surface area contributed by atoms with Crippen molar-refractivity contribution in [3.8, 4) is 0 Å². The molecule has 0 aromatic carbocycles. The topological polar surface area (TPSA) is 66.4 Å². The number of halogens is 3. The number of hydrogen-bond donors (Lipinski definition) is 2. The Morgan fingerprint density at radius 3 is 2.06 bits per heavy atom. The summed E-state index contributed by atoms with van der Waals surface area (Å²) in [6, 6.07) is -1.41. The van der Waals surface area contributed by atoms with Gasteiger partial charge in [-0.1, -0.05) is 0 Å². The second kappa shape index (κ2) is 3.11. The average molecular weight is 237 g/mol.